The summed E-state index contributed by atoms with van der Waals surface area (Å²) < 4.78 is 0. The normalized spacial score (nSPS) is 11.9. The summed E-state index contributed by atoms with van der Waals surface area (Å²) in [5.74, 6) is 1.04. The van der Waals surface area contributed by atoms with Crippen LogP contribution >= 0.6 is 11.3 Å². The molecule has 15 heavy (non-hydrogen) atoms. The Kier molecular flexibility index (Phi) is 2.74. The van der Waals surface area contributed by atoms with Gasteiger partial charge in [0.25, 0.3) is 0 Å². The van der Waals surface area contributed by atoms with E-state index >= 15 is 0 Å². The Hall–Kier alpha value is -0.960. The third-order valence-corrected chi connectivity index (χ3v) is 3.84. The van der Waals surface area contributed by atoms with Crippen LogP contribution in [0.25, 0.3) is 10.2 Å². The maximum Gasteiger partial charge on any atom is 0.127 e. The Morgan fingerprint density at radius 1 is 1.07 bits per heavy atom. The van der Waals surface area contributed by atoms with Crippen LogP contribution in [0.15, 0.2) is 12.4 Å². The van der Waals surface area contributed by atoms with Gasteiger partial charge in [-0.05, 0) is 17.9 Å². The van der Waals surface area contributed by atoms with Crippen molar-refractivity contribution >= 4 is 21.6 Å². The molecule has 0 aliphatic carbocycles. The summed E-state index contributed by atoms with van der Waals surface area (Å²) in [7, 11) is 0. The van der Waals surface area contributed by atoms with Crippen LogP contribution in [0.3, 0.4) is 0 Å². The molecule has 0 unspecified atom stereocenters. The van der Waals surface area contributed by atoms with Gasteiger partial charge < -0.3 is 0 Å². The van der Waals surface area contributed by atoms with E-state index in [1.54, 1.807) is 17.7 Å². The van der Waals surface area contributed by atoms with Crippen molar-refractivity contribution in [3.8, 4) is 0 Å². The summed E-state index contributed by atoms with van der Waals surface area (Å²) in [6, 6.07) is 2.25. The molecule has 0 aliphatic rings. The van der Waals surface area contributed by atoms with Gasteiger partial charge in [-0.15, -0.1) is 11.3 Å². The second-order valence-electron chi connectivity index (χ2n) is 4.44. The van der Waals surface area contributed by atoms with Crippen LogP contribution in [-0.2, 0) is 0 Å². The van der Waals surface area contributed by atoms with Gasteiger partial charge in [-0.25, -0.2) is 9.97 Å². The van der Waals surface area contributed by atoms with E-state index in [4.69, 9.17) is 0 Å². The lowest BCUT2D eigenvalue weighted by Crippen LogP contribution is -1.93. The molecule has 2 nitrogen and oxygen atoms in total. The Morgan fingerprint density at radius 3 is 2.40 bits per heavy atom. The molecular formula is C12H16N2S. The van der Waals surface area contributed by atoms with Crippen molar-refractivity contribution in [3.05, 3.63) is 23.0 Å². The van der Waals surface area contributed by atoms with Gasteiger partial charge in [0, 0.05) is 10.3 Å². The summed E-state index contributed by atoms with van der Waals surface area (Å²) in [6.45, 7) is 8.78. The standard InChI is InChI=1S/C12H16N2S/c1-7(2)10-5-9-11(8(3)4)13-6-14-12(9)15-10/h5-8H,1-4H3. The number of aromatic nitrogens is 2. The number of rotatable bonds is 2. The minimum atomic E-state index is 0.463. The van der Waals surface area contributed by atoms with Crippen molar-refractivity contribution in [1.29, 1.82) is 0 Å². The Morgan fingerprint density at radius 2 is 1.80 bits per heavy atom. The van der Waals surface area contributed by atoms with Crippen LogP contribution in [0.2, 0.25) is 0 Å². The van der Waals surface area contributed by atoms with Gasteiger partial charge >= 0.3 is 0 Å². The van der Waals surface area contributed by atoms with Crippen molar-refractivity contribution in [2.45, 2.75) is 39.5 Å². The first-order valence-electron chi connectivity index (χ1n) is 5.34. The van der Waals surface area contributed by atoms with Crippen LogP contribution in [0.1, 0.15) is 50.1 Å². The van der Waals surface area contributed by atoms with Crippen molar-refractivity contribution in [2.24, 2.45) is 0 Å². The fourth-order valence-electron chi connectivity index (χ4n) is 1.64. The molecule has 0 saturated heterocycles. The average molecular weight is 220 g/mol. The molecule has 0 spiro atoms. The highest BCUT2D eigenvalue weighted by Crippen LogP contribution is 2.32. The van der Waals surface area contributed by atoms with E-state index in [9.17, 15) is 0 Å². The molecule has 2 heterocycles. The molecule has 80 valence electrons. The number of fused-ring (bicyclic) bond motifs is 1. The van der Waals surface area contributed by atoms with Crippen molar-refractivity contribution in [3.63, 3.8) is 0 Å². The van der Waals surface area contributed by atoms with Crippen LogP contribution < -0.4 is 0 Å². The molecule has 0 bridgehead atoms. The molecule has 2 aromatic heterocycles. The van der Waals surface area contributed by atoms with Crippen molar-refractivity contribution in [2.75, 3.05) is 0 Å². The number of hydrogen-bond donors (Lipinski definition) is 0. The second-order valence-corrected chi connectivity index (χ2v) is 5.50. The zero-order valence-electron chi connectivity index (χ0n) is 9.61. The van der Waals surface area contributed by atoms with Gasteiger partial charge in [0.2, 0.25) is 0 Å². The maximum atomic E-state index is 4.37. The zero-order valence-corrected chi connectivity index (χ0v) is 10.4. The molecule has 0 radical (unpaired) electrons. The first-order chi connectivity index (χ1) is 7.09. The van der Waals surface area contributed by atoms with E-state index in [1.807, 2.05) is 0 Å². The maximum absolute atomic E-state index is 4.37. The Labute approximate surface area is 94.4 Å². The molecule has 2 aromatic rings. The lowest BCUT2D eigenvalue weighted by molar-refractivity contribution is 0.828. The fourth-order valence-corrected chi connectivity index (χ4v) is 2.65. The molecule has 2 rings (SSSR count). The van der Waals surface area contributed by atoms with Gasteiger partial charge in [0.05, 0.1) is 5.69 Å². The minimum Gasteiger partial charge on any atom is -0.240 e. The van der Waals surface area contributed by atoms with E-state index < -0.39 is 0 Å². The Bertz CT molecular complexity index is 471. The molecule has 0 aliphatic heterocycles. The number of nitrogens with zero attached hydrogens (tertiary/aromatic N) is 2. The number of thiophene rings is 1. The van der Waals surface area contributed by atoms with E-state index in [0.29, 0.717) is 11.8 Å². The molecule has 3 heteroatoms. The van der Waals surface area contributed by atoms with E-state index in [-0.39, 0.29) is 0 Å². The quantitative estimate of drug-likeness (QED) is 0.766. The highest BCUT2D eigenvalue weighted by molar-refractivity contribution is 7.18. The molecule has 0 amide bonds. The molecule has 0 N–H and O–H groups in total. The monoisotopic (exact) mass is 220 g/mol. The molecule has 0 atom stereocenters. The SMILES string of the molecule is CC(C)c1cc2c(C(C)C)ncnc2s1. The summed E-state index contributed by atoms with van der Waals surface area (Å²) in [6.07, 6.45) is 1.68. The Balaban J connectivity index is 2.64. The topological polar surface area (TPSA) is 25.8 Å². The first-order valence-corrected chi connectivity index (χ1v) is 6.15. The van der Waals surface area contributed by atoms with E-state index in [1.165, 1.54) is 16.0 Å². The second kappa shape index (κ2) is 3.89. The molecule has 0 saturated carbocycles. The van der Waals surface area contributed by atoms with Crippen LogP contribution in [0.5, 0.6) is 0 Å². The van der Waals surface area contributed by atoms with Crippen molar-refractivity contribution < 1.29 is 0 Å². The lowest BCUT2D eigenvalue weighted by atomic mass is 10.1. The summed E-state index contributed by atoms with van der Waals surface area (Å²) in [5.41, 5.74) is 1.17. The largest absolute Gasteiger partial charge is 0.240 e. The molecule has 0 fully saturated rings. The molecule has 0 aromatic carbocycles. The van der Waals surface area contributed by atoms with E-state index in [2.05, 4.69) is 43.7 Å². The van der Waals surface area contributed by atoms with Gasteiger partial charge in [-0.3, -0.25) is 0 Å². The third-order valence-electron chi connectivity index (χ3n) is 2.50. The lowest BCUT2D eigenvalue weighted by Gasteiger charge is -2.03. The van der Waals surface area contributed by atoms with E-state index in [0.717, 1.165) is 4.83 Å². The zero-order chi connectivity index (χ0) is 11.0. The minimum absolute atomic E-state index is 0.463. The van der Waals surface area contributed by atoms with Gasteiger partial charge in [0.15, 0.2) is 0 Å². The predicted molar refractivity (Wildman–Crippen MR) is 65.6 cm³/mol. The highest BCUT2D eigenvalue weighted by atomic mass is 32.1. The van der Waals surface area contributed by atoms with Crippen molar-refractivity contribution in [1.82, 2.24) is 9.97 Å². The average Bonchev–Trinajstić information content (AvgIpc) is 2.60. The first kappa shape index (κ1) is 10.6. The van der Waals surface area contributed by atoms with Crippen LogP contribution in [0.4, 0.5) is 0 Å². The van der Waals surface area contributed by atoms with Crippen LogP contribution in [0, 0.1) is 0 Å². The highest BCUT2D eigenvalue weighted by Gasteiger charge is 2.12. The predicted octanol–water partition coefficient (Wildman–Crippen LogP) is 3.94. The van der Waals surface area contributed by atoms with Gasteiger partial charge in [-0.2, -0.15) is 0 Å². The fraction of sp³-hybridized carbons (Fsp3) is 0.500. The van der Waals surface area contributed by atoms with Gasteiger partial charge in [0.1, 0.15) is 11.2 Å². The molecular weight excluding hydrogens is 204 g/mol. The third kappa shape index (κ3) is 1.88. The van der Waals surface area contributed by atoms with Crippen LogP contribution in [-0.4, -0.2) is 9.97 Å². The van der Waals surface area contributed by atoms with Gasteiger partial charge in [-0.1, -0.05) is 27.7 Å². The summed E-state index contributed by atoms with van der Waals surface area (Å²) >= 11 is 1.79. The summed E-state index contributed by atoms with van der Waals surface area (Å²) in [5, 5.41) is 1.24. The smallest absolute Gasteiger partial charge is 0.127 e. The number of hydrogen-bond acceptors (Lipinski definition) is 3. The summed E-state index contributed by atoms with van der Waals surface area (Å²) in [4.78, 5) is 11.2.